The number of carbonyl (C=O) groups excluding carboxylic acids is 1. The molecule has 0 aliphatic carbocycles. The van der Waals surface area contributed by atoms with Crippen LogP contribution in [0.1, 0.15) is 44.7 Å². The molecule has 0 saturated carbocycles. The standard InChI is InChI=1S/C16H24N2O/c1-12(2)7-6-10-17-14-11-16(19)18(3)15-9-5-4-8-13(14)15/h4-5,8-9,12,14,17H,6-7,10-11H2,1-3H3. The van der Waals surface area contributed by atoms with Crippen molar-refractivity contribution in [2.75, 3.05) is 18.5 Å². The lowest BCUT2D eigenvalue weighted by molar-refractivity contribution is -0.119. The summed E-state index contributed by atoms with van der Waals surface area (Å²) in [4.78, 5) is 13.8. The average molecular weight is 260 g/mol. The van der Waals surface area contributed by atoms with Gasteiger partial charge in [0.2, 0.25) is 5.91 Å². The number of hydrogen-bond donors (Lipinski definition) is 1. The molecule has 1 aliphatic rings. The Kier molecular flexibility index (Phi) is 4.59. The van der Waals surface area contributed by atoms with Gasteiger partial charge in [-0.2, -0.15) is 0 Å². The van der Waals surface area contributed by atoms with E-state index in [1.165, 1.54) is 18.4 Å². The smallest absolute Gasteiger partial charge is 0.228 e. The number of rotatable bonds is 5. The van der Waals surface area contributed by atoms with Gasteiger partial charge in [-0.1, -0.05) is 32.0 Å². The number of anilines is 1. The molecule has 0 saturated heterocycles. The third-order valence-electron chi connectivity index (χ3n) is 3.78. The zero-order chi connectivity index (χ0) is 13.8. The summed E-state index contributed by atoms with van der Waals surface area (Å²) in [5.74, 6) is 0.938. The van der Waals surface area contributed by atoms with Crippen LogP contribution >= 0.6 is 0 Å². The zero-order valence-corrected chi connectivity index (χ0v) is 12.1. The molecule has 0 radical (unpaired) electrons. The van der Waals surface area contributed by atoms with Crippen LogP contribution in [0.3, 0.4) is 0 Å². The van der Waals surface area contributed by atoms with Crippen LogP contribution in [0.2, 0.25) is 0 Å². The van der Waals surface area contributed by atoms with Gasteiger partial charge < -0.3 is 10.2 Å². The second-order valence-electron chi connectivity index (χ2n) is 5.76. The van der Waals surface area contributed by atoms with E-state index in [-0.39, 0.29) is 11.9 Å². The fourth-order valence-electron chi connectivity index (χ4n) is 2.61. The van der Waals surface area contributed by atoms with Crippen LogP contribution in [-0.2, 0) is 4.79 Å². The van der Waals surface area contributed by atoms with E-state index in [1.807, 2.05) is 25.2 Å². The van der Waals surface area contributed by atoms with Crippen molar-refractivity contribution < 1.29 is 4.79 Å². The zero-order valence-electron chi connectivity index (χ0n) is 12.1. The van der Waals surface area contributed by atoms with Crippen LogP contribution in [0.5, 0.6) is 0 Å². The second kappa shape index (κ2) is 6.20. The van der Waals surface area contributed by atoms with Crippen molar-refractivity contribution in [1.82, 2.24) is 5.32 Å². The summed E-state index contributed by atoms with van der Waals surface area (Å²) in [6.07, 6.45) is 2.96. The number of hydrogen-bond acceptors (Lipinski definition) is 2. The molecule has 3 nitrogen and oxygen atoms in total. The van der Waals surface area contributed by atoms with Crippen LogP contribution in [0.4, 0.5) is 5.69 Å². The predicted molar refractivity (Wildman–Crippen MR) is 79.3 cm³/mol. The molecule has 1 aliphatic heterocycles. The maximum Gasteiger partial charge on any atom is 0.228 e. The van der Waals surface area contributed by atoms with Gasteiger partial charge in [0.15, 0.2) is 0 Å². The van der Waals surface area contributed by atoms with Crippen LogP contribution in [0.15, 0.2) is 24.3 Å². The molecular formula is C16H24N2O. The number of nitrogens with zero attached hydrogens (tertiary/aromatic N) is 1. The molecule has 1 unspecified atom stereocenters. The minimum Gasteiger partial charge on any atom is -0.315 e. The Morgan fingerprint density at radius 3 is 2.84 bits per heavy atom. The molecule has 0 spiro atoms. The van der Waals surface area contributed by atoms with Crippen molar-refractivity contribution in [2.45, 2.75) is 39.2 Å². The molecule has 0 fully saturated rings. The minimum absolute atomic E-state index is 0.173. The average Bonchev–Trinajstić information content (AvgIpc) is 2.40. The first-order valence-corrected chi connectivity index (χ1v) is 7.18. The normalized spacial score (nSPS) is 18.8. The Bertz CT molecular complexity index is 442. The lowest BCUT2D eigenvalue weighted by Gasteiger charge is -2.32. The number of carbonyl (C=O) groups is 1. The van der Waals surface area contributed by atoms with Crippen LogP contribution in [0, 0.1) is 5.92 Å². The van der Waals surface area contributed by atoms with E-state index in [4.69, 9.17) is 0 Å². The van der Waals surface area contributed by atoms with Crippen molar-refractivity contribution in [1.29, 1.82) is 0 Å². The predicted octanol–water partition coefficient (Wildman–Crippen LogP) is 3.12. The van der Waals surface area contributed by atoms with Gasteiger partial charge in [-0.3, -0.25) is 4.79 Å². The Morgan fingerprint density at radius 2 is 2.11 bits per heavy atom. The SMILES string of the molecule is CC(C)CCCNC1CC(=O)N(C)c2ccccc21. The maximum absolute atomic E-state index is 12.0. The number of benzene rings is 1. The fourth-order valence-corrected chi connectivity index (χ4v) is 2.61. The second-order valence-corrected chi connectivity index (χ2v) is 5.76. The van der Waals surface area contributed by atoms with E-state index < -0.39 is 0 Å². The molecule has 3 heteroatoms. The number of amides is 1. The summed E-state index contributed by atoms with van der Waals surface area (Å²) in [7, 11) is 1.86. The van der Waals surface area contributed by atoms with Gasteiger partial charge in [0.1, 0.15) is 0 Å². The summed E-state index contributed by atoms with van der Waals surface area (Å²) >= 11 is 0. The highest BCUT2D eigenvalue weighted by Crippen LogP contribution is 2.33. The van der Waals surface area contributed by atoms with Crippen LogP contribution < -0.4 is 10.2 Å². The fraction of sp³-hybridized carbons (Fsp3) is 0.562. The maximum atomic E-state index is 12.0. The highest BCUT2D eigenvalue weighted by Gasteiger charge is 2.28. The van der Waals surface area contributed by atoms with Gasteiger partial charge in [-0.25, -0.2) is 0 Å². The lowest BCUT2D eigenvalue weighted by atomic mass is 9.96. The Morgan fingerprint density at radius 1 is 1.37 bits per heavy atom. The quantitative estimate of drug-likeness (QED) is 0.825. The third kappa shape index (κ3) is 3.35. The van der Waals surface area contributed by atoms with E-state index in [2.05, 4.69) is 25.2 Å². The molecule has 1 amide bonds. The molecule has 1 aromatic carbocycles. The molecule has 1 heterocycles. The first-order chi connectivity index (χ1) is 9.09. The third-order valence-corrected chi connectivity index (χ3v) is 3.78. The highest BCUT2D eigenvalue weighted by atomic mass is 16.2. The van der Waals surface area contributed by atoms with Crippen molar-refractivity contribution >= 4 is 11.6 Å². The van der Waals surface area contributed by atoms with Gasteiger partial charge in [0, 0.05) is 25.2 Å². The van der Waals surface area contributed by atoms with Gasteiger partial charge in [0.25, 0.3) is 0 Å². The molecule has 1 aromatic rings. The topological polar surface area (TPSA) is 32.3 Å². The summed E-state index contributed by atoms with van der Waals surface area (Å²) < 4.78 is 0. The molecule has 104 valence electrons. The van der Waals surface area contributed by atoms with Crippen LogP contribution in [0.25, 0.3) is 0 Å². The molecule has 1 N–H and O–H groups in total. The summed E-state index contributed by atoms with van der Waals surface area (Å²) in [6, 6.07) is 8.36. The van der Waals surface area contributed by atoms with Crippen molar-refractivity contribution in [3.63, 3.8) is 0 Å². The van der Waals surface area contributed by atoms with Crippen LogP contribution in [-0.4, -0.2) is 19.5 Å². The monoisotopic (exact) mass is 260 g/mol. The molecule has 1 atom stereocenters. The lowest BCUT2D eigenvalue weighted by Crippen LogP contribution is -2.38. The Labute approximate surface area is 116 Å². The van der Waals surface area contributed by atoms with Gasteiger partial charge in [0.05, 0.1) is 0 Å². The molecule has 2 rings (SSSR count). The Balaban J connectivity index is 2.01. The minimum atomic E-state index is 0.173. The van der Waals surface area contributed by atoms with E-state index in [9.17, 15) is 4.79 Å². The summed E-state index contributed by atoms with van der Waals surface area (Å²) in [5.41, 5.74) is 2.29. The highest BCUT2D eigenvalue weighted by molar-refractivity contribution is 5.96. The van der Waals surface area contributed by atoms with Gasteiger partial charge >= 0.3 is 0 Å². The first kappa shape index (κ1) is 14.1. The first-order valence-electron chi connectivity index (χ1n) is 7.18. The summed E-state index contributed by atoms with van der Waals surface area (Å²) in [6.45, 7) is 5.47. The molecular weight excluding hydrogens is 236 g/mol. The van der Waals surface area contributed by atoms with Gasteiger partial charge in [-0.15, -0.1) is 0 Å². The van der Waals surface area contributed by atoms with E-state index >= 15 is 0 Å². The van der Waals surface area contributed by atoms with E-state index in [0.29, 0.717) is 6.42 Å². The molecule has 0 bridgehead atoms. The Hall–Kier alpha value is -1.35. The largest absolute Gasteiger partial charge is 0.315 e. The van der Waals surface area contributed by atoms with E-state index in [1.54, 1.807) is 4.90 Å². The number of fused-ring (bicyclic) bond motifs is 1. The number of para-hydroxylation sites is 1. The number of nitrogens with one attached hydrogen (secondary N) is 1. The van der Waals surface area contributed by atoms with Crippen molar-refractivity contribution in [3.8, 4) is 0 Å². The van der Waals surface area contributed by atoms with Crippen molar-refractivity contribution in [3.05, 3.63) is 29.8 Å². The van der Waals surface area contributed by atoms with E-state index in [0.717, 1.165) is 18.2 Å². The molecule has 19 heavy (non-hydrogen) atoms. The molecule has 0 aromatic heterocycles. The summed E-state index contributed by atoms with van der Waals surface area (Å²) in [5, 5.41) is 3.54. The van der Waals surface area contributed by atoms with Gasteiger partial charge in [-0.05, 0) is 36.9 Å². The van der Waals surface area contributed by atoms with Crippen molar-refractivity contribution in [2.24, 2.45) is 5.92 Å².